The fourth-order valence-electron chi connectivity index (χ4n) is 1.63. The van der Waals surface area contributed by atoms with Gasteiger partial charge in [-0.3, -0.25) is 4.98 Å². The summed E-state index contributed by atoms with van der Waals surface area (Å²) < 4.78 is 0.943. The van der Waals surface area contributed by atoms with Gasteiger partial charge >= 0.3 is 0 Å². The molecule has 0 atom stereocenters. The Kier molecular flexibility index (Phi) is 2.67. The molecule has 0 bridgehead atoms. The van der Waals surface area contributed by atoms with Crippen molar-refractivity contribution < 1.29 is 0 Å². The highest BCUT2D eigenvalue weighted by Crippen LogP contribution is 2.19. The van der Waals surface area contributed by atoms with Crippen molar-refractivity contribution in [3.63, 3.8) is 0 Å². The van der Waals surface area contributed by atoms with E-state index in [-0.39, 0.29) is 0 Å². The molecule has 0 N–H and O–H groups in total. The topological polar surface area (TPSA) is 25.8 Å². The van der Waals surface area contributed by atoms with Crippen LogP contribution in [0.1, 0.15) is 18.1 Å². The number of hydrogen-bond acceptors (Lipinski definition) is 2. The molecule has 0 saturated carbocycles. The monoisotopic (exact) mass is 298 g/mol. The molecule has 72 valence electrons. The Morgan fingerprint density at radius 2 is 2.14 bits per heavy atom. The number of aromatic nitrogens is 2. The summed E-state index contributed by atoms with van der Waals surface area (Å²) in [5.74, 6) is 0. The highest BCUT2D eigenvalue weighted by Gasteiger charge is 2.04. The molecule has 0 saturated heterocycles. The molecule has 1 aromatic carbocycles. The van der Waals surface area contributed by atoms with Crippen molar-refractivity contribution in [3.05, 3.63) is 33.2 Å². The first-order chi connectivity index (χ1) is 6.72. The molecule has 2 rings (SSSR count). The molecule has 0 aliphatic rings. The third-order valence-electron chi connectivity index (χ3n) is 2.43. The standard InChI is InChI=1S/C11H11IN2/c1-3-8-4-5-9-11(7(8)2)13-6-10(12)14-9/h4-6H,3H2,1-2H3. The molecule has 14 heavy (non-hydrogen) atoms. The molecule has 0 aliphatic heterocycles. The third kappa shape index (κ3) is 1.61. The SMILES string of the molecule is CCc1ccc2nc(I)cnc2c1C. The van der Waals surface area contributed by atoms with Crippen LogP contribution in [0.15, 0.2) is 18.3 Å². The van der Waals surface area contributed by atoms with E-state index in [9.17, 15) is 0 Å². The quantitative estimate of drug-likeness (QED) is 0.756. The number of aryl methyl sites for hydroxylation is 2. The third-order valence-corrected chi connectivity index (χ3v) is 2.95. The summed E-state index contributed by atoms with van der Waals surface area (Å²) in [5.41, 5.74) is 4.64. The Balaban J connectivity index is 2.77. The van der Waals surface area contributed by atoms with Crippen molar-refractivity contribution in [2.75, 3.05) is 0 Å². The zero-order valence-electron chi connectivity index (χ0n) is 8.21. The van der Waals surface area contributed by atoms with E-state index in [2.05, 4.69) is 58.5 Å². The van der Waals surface area contributed by atoms with Crippen molar-refractivity contribution in [2.45, 2.75) is 20.3 Å². The predicted molar refractivity (Wildman–Crippen MR) is 66.4 cm³/mol. The van der Waals surface area contributed by atoms with Crippen LogP contribution in [0.3, 0.4) is 0 Å². The summed E-state index contributed by atoms with van der Waals surface area (Å²) in [6.07, 6.45) is 2.87. The van der Waals surface area contributed by atoms with E-state index in [0.717, 1.165) is 21.2 Å². The van der Waals surface area contributed by atoms with Gasteiger partial charge < -0.3 is 0 Å². The molecule has 1 aromatic heterocycles. The Morgan fingerprint density at radius 1 is 1.36 bits per heavy atom. The summed E-state index contributed by atoms with van der Waals surface area (Å²) in [6.45, 7) is 4.27. The summed E-state index contributed by atoms with van der Waals surface area (Å²) in [7, 11) is 0. The first-order valence-electron chi connectivity index (χ1n) is 4.63. The Bertz CT molecular complexity index is 480. The van der Waals surface area contributed by atoms with Gasteiger partial charge in [-0.05, 0) is 53.1 Å². The van der Waals surface area contributed by atoms with E-state index in [1.54, 1.807) is 0 Å². The first-order valence-corrected chi connectivity index (χ1v) is 5.71. The molecule has 0 fully saturated rings. The molecular weight excluding hydrogens is 287 g/mol. The van der Waals surface area contributed by atoms with Crippen LogP contribution in [-0.2, 0) is 6.42 Å². The lowest BCUT2D eigenvalue weighted by Crippen LogP contribution is -1.93. The molecule has 2 nitrogen and oxygen atoms in total. The maximum Gasteiger partial charge on any atom is 0.120 e. The Hall–Kier alpha value is -0.710. The molecule has 0 unspecified atom stereocenters. The summed E-state index contributed by atoms with van der Waals surface area (Å²) in [4.78, 5) is 8.85. The van der Waals surface area contributed by atoms with Crippen LogP contribution in [0.4, 0.5) is 0 Å². The molecule has 0 aliphatic carbocycles. The van der Waals surface area contributed by atoms with Gasteiger partial charge in [-0.2, -0.15) is 0 Å². The number of rotatable bonds is 1. The van der Waals surface area contributed by atoms with Gasteiger partial charge in [0.1, 0.15) is 3.70 Å². The second kappa shape index (κ2) is 3.81. The van der Waals surface area contributed by atoms with Gasteiger partial charge in [0.05, 0.1) is 17.2 Å². The van der Waals surface area contributed by atoms with Gasteiger partial charge in [-0.1, -0.05) is 13.0 Å². The predicted octanol–water partition coefficient (Wildman–Crippen LogP) is 3.11. The summed E-state index contributed by atoms with van der Waals surface area (Å²) >= 11 is 2.18. The van der Waals surface area contributed by atoms with Crippen LogP contribution < -0.4 is 0 Å². The van der Waals surface area contributed by atoms with Crippen LogP contribution >= 0.6 is 22.6 Å². The Labute approximate surface area is 96.9 Å². The second-order valence-electron chi connectivity index (χ2n) is 3.26. The average molecular weight is 298 g/mol. The minimum Gasteiger partial charge on any atom is -0.252 e. The van der Waals surface area contributed by atoms with E-state index >= 15 is 0 Å². The van der Waals surface area contributed by atoms with E-state index in [1.165, 1.54) is 11.1 Å². The molecule has 2 aromatic rings. The smallest absolute Gasteiger partial charge is 0.120 e. The number of benzene rings is 1. The van der Waals surface area contributed by atoms with Crippen LogP contribution in [0.2, 0.25) is 0 Å². The fraction of sp³-hybridized carbons (Fsp3) is 0.273. The largest absolute Gasteiger partial charge is 0.252 e. The van der Waals surface area contributed by atoms with Crippen molar-refractivity contribution >= 4 is 33.6 Å². The lowest BCUT2D eigenvalue weighted by molar-refractivity contribution is 1.11. The molecule has 0 radical (unpaired) electrons. The van der Waals surface area contributed by atoms with Crippen LogP contribution in [-0.4, -0.2) is 9.97 Å². The fourth-order valence-corrected chi connectivity index (χ4v) is 2.02. The number of nitrogens with zero attached hydrogens (tertiary/aromatic N) is 2. The van der Waals surface area contributed by atoms with E-state index < -0.39 is 0 Å². The lowest BCUT2D eigenvalue weighted by Gasteiger charge is -2.05. The Morgan fingerprint density at radius 3 is 2.86 bits per heavy atom. The van der Waals surface area contributed by atoms with Gasteiger partial charge in [0.2, 0.25) is 0 Å². The molecule has 3 heteroatoms. The van der Waals surface area contributed by atoms with Crippen molar-refractivity contribution in [3.8, 4) is 0 Å². The lowest BCUT2D eigenvalue weighted by atomic mass is 10.0. The van der Waals surface area contributed by atoms with Gasteiger partial charge in [-0.15, -0.1) is 0 Å². The zero-order valence-corrected chi connectivity index (χ0v) is 10.4. The van der Waals surface area contributed by atoms with Crippen molar-refractivity contribution in [1.82, 2.24) is 9.97 Å². The van der Waals surface area contributed by atoms with E-state index in [4.69, 9.17) is 0 Å². The van der Waals surface area contributed by atoms with Crippen molar-refractivity contribution in [2.24, 2.45) is 0 Å². The molecule has 1 heterocycles. The van der Waals surface area contributed by atoms with Crippen molar-refractivity contribution in [1.29, 1.82) is 0 Å². The summed E-state index contributed by atoms with van der Waals surface area (Å²) in [5, 5.41) is 0. The molecule has 0 amide bonds. The second-order valence-corrected chi connectivity index (χ2v) is 4.37. The highest BCUT2D eigenvalue weighted by molar-refractivity contribution is 14.1. The normalized spacial score (nSPS) is 10.8. The number of hydrogen-bond donors (Lipinski definition) is 0. The van der Waals surface area contributed by atoms with Gasteiger partial charge in [0, 0.05) is 0 Å². The minimum atomic E-state index is 0.943. The summed E-state index contributed by atoms with van der Waals surface area (Å²) in [6, 6.07) is 4.19. The van der Waals surface area contributed by atoms with Gasteiger partial charge in [0.15, 0.2) is 0 Å². The van der Waals surface area contributed by atoms with Crippen LogP contribution in [0.5, 0.6) is 0 Å². The average Bonchev–Trinajstić information content (AvgIpc) is 2.18. The van der Waals surface area contributed by atoms with Crippen LogP contribution in [0.25, 0.3) is 11.0 Å². The van der Waals surface area contributed by atoms with Gasteiger partial charge in [0.25, 0.3) is 0 Å². The van der Waals surface area contributed by atoms with E-state index in [0.29, 0.717) is 0 Å². The molecular formula is C11H11IN2. The van der Waals surface area contributed by atoms with Gasteiger partial charge in [-0.25, -0.2) is 4.98 Å². The minimum absolute atomic E-state index is 0.943. The zero-order chi connectivity index (χ0) is 10.1. The first kappa shape index (κ1) is 9.83. The maximum absolute atomic E-state index is 4.44. The number of fused-ring (bicyclic) bond motifs is 1. The molecule has 0 spiro atoms. The number of halogens is 1. The van der Waals surface area contributed by atoms with Crippen LogP contribution in [0, 0.1) is 10.6 Å². The maximum atomic E-state index is 4.44. The van der Waals surface area contributed by atoms with E-state index in [1.807, 2.05) is 6.20 Å². The highest BCUT2D eigenvalue weighted by atomic mass is 127.